The first-order chi connectivity index (χ1) is 15.2. The summed E-state index contributed by atoms with van der Waals surface area (Å²) in [5, 5.41) is 2.73. The summed E-state index contributed by atoms with van der Waals surface area (Å²) in [5.41, 5.74) is 1.47. The van der Waals surface area contributed by atoms with Gasteiger partial charge >= 0.3 is 6.61 Å². The molecule has 1 atom stereocenters. The van der Waals surface area contributed by atoms with Gasteiger partial charge in [-0.25, -0.2) is 13.1 Å². The molecule has 10 heteroatoms. The second-order valence-electron chi connectivity index (χ2n) is 7.86. The van der Waals surface area contributed by atoms with Gasteiger partial charge in [-0.2, -0.15) is 8.78 Å². The number of nitrogens with one attached hydrogen (secondary N) is 2. The van der Waals surface area contributed by atoms with E-state index in [1.54, 1.807) is 24.3 Å². The number of sulfonamides is 1. The molecule has 0 spiro atoms. The summed E-state index contributed by atoms with van der Waals surface area (Å²) in [5.74, 6) is -0.110. The van der Waals surface area contributed by atoms with Crippen LogP contribution in [0.2, 0.25) is 0 Å². The molecule has 2 aromatic rings. The van der Waals surface area contributed by atoms with E-state index in [4.69, 9.17) is 0 Å². The minimum Gasteiger partial charge on any atom is -0.435 e. The van der Waals surface area contributed by atoms with Crippen LogP contribution in [0.5, 0.6) is 5.75 Å². The van der Waals surface area contributed by atoms with Crippen molar-refractivity contribution in [2.45, 2.75) is 31.3 Å². The molecule has 0 aliphatic carbocycles. The van der Waals surface area contributed by atoms with Gasteiger partial charge in [0.25, 0.3) is 0 Å². The molecule has 1 heterocycles. The highest BCUT2D eigenvalue weighted by molar-refractivity contribution is 7.89. The van der Waals surface area contributed by atoms with Crippen molar-refractivity contribution in [1.82, 2.24) is 9.62 Å². The van der Waals surface area contributed by atoms with Crippen molar-refractivity contribution in [3.8, 4) is 5.75 Å². The fourth-order valence-electron chi connectivity index (χ4n) is 3.61. The van der Waals surface area contributed by atoms with E-state index in [1.165, 1.54) is 24.3 Å². The standard InChI is InChI=1S/C22H27F2N3O4S/c1-16-4-10-20(11-5-16)32(29,30)25-13-17-3-2-12-27(14-17)15-21(28)26-18-6-8-19(9-7-18)31-22(23)24/h4-11,17,22,25H,2-3,12-15H2,1H3,(H,26,28). The van der Waals surface area contributed by atoms with E-state index in [9.17, 15) is 22.0 Å². The lowest BCUT2D eigenvalue weighted by Crippen LogP contribution is -2.43. The van der Waals surface area contributed by atoms with Crippen molar-refractivity contribution in [3.05, 3.63) is 54.1 Å². The van der Waals surface area contributed by atoms with Crippen LogP contribution in [0.25, 0.3) is 0 Å². The van der Waals surface area contributed by atoms with Crippen molar-refractivity contribution in [1.29, 1.82) is 0 Å². The molecule has 1 aliphatic heterocycles. The van der Waals surface area contributed by atoms with Crippen molar-refractivity contribution in [3.63, 3.8) is 0 Å². The number of anilines is 1. The van der Waals surface area contributed by atoms with Crippen molar-refractivity contribution in [2.24, 2.45) is 5.92 Å². The fourth-order valence-corrected chi connectivity index (χ4v) is 4.73. The Kier molecular flexibility index (Phi) is 8.16. The lowest BCUT2D eigenvalue weighted by Gasteiger charge is -2.32. The Morgan fingerprint density at radius 3 is 2.50 bits per heavy atom. The summed E-state index contributed by atoms with van der Waals surface area (Å²) in [6, 6.07) is 12.4. The largest absolute Gasteiger partial charge is 0.435 e. The van der Waals surface area contributed by atoms with Gasteiger partial charge in [0.1, 0.15) is 5.75 Å². The van der Waals surface area contributed by atoms with E-state index in [1.807, 2.05) is 11.8 Å². The van der Waals surface area contributed by atoms with E-state index >= 15 is 0 Å². The molecule has 1 unspecified atom stereocenters. The number of ether oxygens (including phenoxy) is 1. The molecule has 0 bridgehead atoms. The van der Waals surface area contributed by atoms with Crippen molar-refractivity contribution in [2.75, 3.05) is 31.5 Å². The van der Waals surface area contributed by atoms with E-state index in [0.717, 1.165) is 24.9 Å². The number of piperidine rings is 1. The Morgan fingerprint density at radius 1 is 1.16 bits per heavy atom. The lowest BCUT2D eigenvalue weighted by atomic mass is 9.98. The third kappa shape index (κ3) is 7.25. The first-order valence-electron chi connectivity index (χ1n) is 10.3. The monoisotopic (exact) mass is 467 g/mol. The SMILES string of the molecule is Cc1ccc(S(=O)(=O)NCC2CCCN(CC(=O)Nc3ccc(OC(F)F)cc3)C2)cc1. The zero-order valence-electron chi connectivity index (χ0n) is 17.8. The molecule has 1 fully saturated rings. The average Bonchev–Trinajstić information content (AvgIpc) is 2.74. The van der Waals surface area contributed by atoms with Gasteiger partial charge in [0.05, 0.1) is 11.4 Å². The lowest BCUT2D eigenvalue weighted by molar-refractivity contribution is -0.117. The molecule has 1 aliphatic rings. The highest BCUT2D eigenvalue weighted by Gasteiger charge is 2.24. The van der Waals surface area contributed by atoms with Crippen molar-refractivity contribution >= 4 is 21.6 Å². The Bertz CT molecular complexity index is 999. The number of halogens is 2. The van der Waals surface area contributed by atoms with Gasteiger partial charge in [-0.3, -0.25) is 9.69 Å². The van der Waals surface area contributed by atoms with Crippen LogP contribution in [0, 0.1) is 12.8 Å². The molecule has 2 N–H and O–H groups in total. The summed E-state index contributed by atoms with van der Waals surface area (Å²) in [4.78, 5) is 14.6. The van der Waals surface area contributed by atoms with Crippen LogP contribution < -0.4 is 14.8 Å². The van der Waals surface area contributed by atoms with Crippen LogP contribution in [0.4, 0.5) is 14.5 Å². The first kappa shape index (κ1) is 24.1. The molecule has 0 radical (unpaired) electrons. The van der Waals surface area contributed by atoms with Gasteiger partial charge in [-0.05, 0) is 68.6 Å². The van der Waals surface area contributed by atoms with Crippen molar-refractivity contribution < 1.29 is 26.7 Å². The summed E-state index contributed by atoms with van der Waals surface area (Å²) in [7, 11) is -3.57. The van der Waals surface area contributed by atoms with Crippen LogP contribution in [0.3, 0.4) is 0 Å². The zero-order valence-corrected chi connectivity index (χ0v) is 18.6. The Balaban J connectivity index is 1.47. The van der Waals surface area contributed by atoms with E-state index < -0.39 is 16.6 Å². The molecule has 1 amide bonds. The number of hydrogen-bond donors (Lipinski definition) is 2. The Labute approximate surface area is 186 Å². The summed E-state index contributed by atoms with van der Waals surface area (Å²) in [6.07, 6.45) is 1.74. The predicted octanol–water partition coefficient (Wildman–Crippen LogP) is 3.23. The smallest absolute Gasteiger partial charge is 0.387 e. The number of nitrogens with zero attached hydrogens (tertiary/aromatic N) is 1. The first-order valence-corrected chi connectivity index (χ1v) is 11.8. The number of alkyl halides is 2. The third-order valence-corrected chi connectivity index (χ3v) is 6.67. The van der Waals surface area contributed by atoms with Crippen LogP contribution in [0.1, 0.15) is 18.4 Å². The maximum Gasteiger partial charge on any atom is 0.387 e. The minimum atomic E-state index is -3.57. The normalized spacial score (nSPS) is 17.3. The van der Waals surface area contributed by atoms with E-state index in [0.29, 0.717) is 18.8 Å². The maximum absolute atomic E-state index is 12.5. The number of likely N-dealkylation sites (tertiary alicyclic amines) is 1. The minimum absolute atomic E-state index is 0.0185. The van der Waals surface area contributed by atoms with Gasteiger partial charge < -0.3 is 10.1 Å². The van der Waals surface area contributed by atoms with Crippen LogP contribution >= 0.6 is 0 Å². The van der Waals surface area contributed by atoms with Crippen LogP contribution in [-0.2, 0) is 14.8 Å². The summed E-state index contributed by atoms with van der Waals surface area (Å²) < 4.78 is 56.4. The Hall–Kier alpha value is -2.56. The molecular weight excluding hydrogens is 440 g/mol. The maximum atomic E-state index is 12.5. The fraction of sp³-hybridized carbons (Fsp3) is 0.409. The second-order valence-corrected chi connectivity index (χ2v) is 9.63. The zero-order chi connectivity index (χ0) is 23.1. The third-order valence-electron chi connectivity index (χ3n) is 5.23. The highest BCUT2D eigenvalue weighted by Crippen LogP contribution is 2.19. The molecule has 2 aromatic carbocycles. The number of hydrogen-bond acceptors (Lipinski definition) is 5. The van der Waals surface area contributed by atoms with Gasteiger partial charge in [0, 0.05) is 18.8 Å². The number of carbonyl (C=O) groups excluding carboxylic acids is 1. The molecule has 1 saturated heterocycles. The predicted molar refractivity (Wildman–Crippen MR) is 117 cm³/mol. The number of aryl methyl sites for hydroxylation is 1. The van der Waals surface area contributed by atoms with E-state index in [2.05, 4.69) is 14.8 Å². The van der Waals surface area contributed by atoms with Crippen LogP contribution in [-0.4, -0.2) is 52.0 Å². The van der Waals surface area contributed by atoms with Gasteiger partial charge in [0.15, 0.2) is 0 Å². The summed E-state index contributed by atoms with van der Waals surface area (Å²) in [6.45, 7) is 0.814. The molecular formula is C22H27F2N3O4S. The number of amides is 1. The molecule has 0 saturated carbocycles. The number of benzene rings is 2. The number of carbonyl (C=O) groups is 1. The van der Waals surface area contributed by atoms with Crippen LogP contribution in [0.15, 0.2) is 53.4 Å². The average molecular weight is 468 g/mol. The van der Waals surface area contributed by atoms with E-state index in [-0.39, 0.29) is 29.0 Å². The molecule has 0 aromatic heterocycles. The number of rotatable bonds is 9. The topological polar surface area (TPSA) is 87.7 Å². The molecule has 7 nitrogen and oxygen atoms in total. The second kappa shape index (κ2) is 10.8. The molecule has 174 valence electrons. The van der Waals surface area contributed by atoms with Gasteiger partial charge in [-0.15, -0.1) is 0 Å². The Morgan fingerprint density at radius 2 is 1.84 bits per heavy atom. The molecule has 3 rings (SSSR count). The quantitative estimate of drug-likeness (QED) is 0.591. The summed E-state index contributed by atoms with van der Waals surface area (Å²) >= 11 is 0. The highest BCUT2D eigenvalue weighted by atomic mass is 32.2. The molecule has 32 heavy (non-hydrogen) atoms. The van der Waals surface area contributed by atoms with Gasteiger partial charge in [-0.1, -0.05) is 17.7 Å². The van der Waals surface area contributed by atoms with Gasteiger partial charge in [0.2, 0.25) is 15.9 Å².